The van der Waals surface area contributed by atoms with Crippen LogP contribution in [-0.4, -0.2) is 17.6 Å². The molecule has 0 bridgehead atoms. The number of nitrogens with two attached hydrogens (primary N) is 1. The van der Waals surface area contributed by atoms with Crippen LogP contribution in [0.25, 0.3) is 0 Å². The van der Waals surface area contributed by atoms with Crippen LogP contribution in [-0.2, 0) is 6.54 Å². The van der Waals surface area contributed by atoms with E-state index in [4.69, 9.17) is 10.8 Å². The summed E-state index contributed by atoms with van der Waals surface area (Å²) in [6.07, 6.45) is 0. The Kier molecular flexibility index (Phi) is 2.07. The van der Waals surface area contributed by atoms with Crippen molar-refractivity contribution in [3.63, 3.8) is 0 Å². The fourth-order valence-electron chi connectivity index (χ4n) is 1.45. The molecule has 13 heavy (non-hydrogen) atoms. The van der Waals surface area contributed by atoms with Gasteiger partial charge in [-0.1, -0.05) is 0 Å². The number of aromatic carboxylic acids is 1. The summed E-state index contributed by atoms with van der Waals surface area (Å²) in [6, 6.07) is 1.63. The Morgan fingerprint density at radius 2 is 2.54 bits per heavy atom. The summed E-state index contributed by atoms with van der Waals surface area (Å²) < 4.78 is 0. The molecule has 0 amide bonds. The lowest BCUT2D eigenvalue weighted by Crippen LogP contribution is -2.31. The highest BCUT2D eigenvalue weighted by atomic mass is 32.1. The standard InChI is InChI=1S/C8H10N2O2S/c9-5-2-10-3-7-4(5)1-6(13-7)8(11)12/h1,5,10H,2-3,9H2,(H,11,12). The van der Waals surface area contributed by atoms with Gasteiger partial charge in [-0.25, -0.2) is 4.79 Å². The Morgan fingerprint density at radius 3 is 3.15 bits per heavy atom. The van der Waals surface area contributed by atoms with Gasteiger partial charge in [-0.3, -0.25) is 0 Å². The van der Waals surface area contributed by atoms with Gasteiger partial charge >= 0.3 is 5.97 Å². The number of carboxylic acid groups (broad SMARTS) is 1. The first-order chi connectivity index (χ1) is 6.18. The van der Waals surface area contributed by atoms with Gasteiger partial charge in [0.25, 0.3) is 0 Å². The summed E-state index contributed by atoms with van der Waals surface area (Å²) in [5.74, 6) is -0.869. The summed E-state index contributed by atoms with van der Waals surface area (Å²) in [7, 11) is 0. The Balaban J connectivity index is 2.42. The van der Waals surface area contributed by atoms with Gasteiger partial charge in [-0.2, -0.15) is 0 Å². The van der Waals surface area contributed by atoms with E-state index in [0.717, 1.165) is 23.5 Å². The van der Waals surface area contributed by atoms with Gasteiger partial charge in [-0.05, 0) is 11.6 Å². The summed E-state index contributed by atoms with van der Waals surface area (Å²) in [5, 5.41) is 11.9. The van der Waals surface area contributed by atoms with Gasteiger partial charge in [0.05, 0.1) is 0 Å². The summed E-state index contributed by atoms with van der Waals surface area (Å²) in [5.41, 5.74) is 6.80. The van der Waals surface area contributed by atoms with Gasteiger partial charge in [-0.15, -0.1) is 11.3 Å². The predicted octanol–water partition coefficient (Wildman–Crippen LogP) is 0.549. The Morgan fingerprint density at radius 1 is 1.77 bits per heavy atom. The maximum atomic E-state index is 10.7. The van der Waals surface area contributed by atoms with Crippen LogP contribution >= 0.6 is 11.3 Å². The second kappa shape index (κ2) is 3.10. The fraction of sp³-hybridized carbons (Fsp3) is 0.375. The zero-order chi connectivity index (χ0) is 9.42. The van der Waals surface area contributed by atoms with E-state index in [1.165, 1.54) is 11.3 Å². The monoisotopic (exact) mass is 198 g/mol. The lowest BCUT2D eigenvalue weighted by molar-refractivity contribution is 0.0702. The first kappa shape index (κ1) is 8.68. The van der Waals surface area contributed by atoms with Crippen molar-refractivity contribution in [2.45, 2.75) is 12.6 Å². The molecule has 0 saturated carbocycles. The topological polar surface area (TPSA) is 75.3 Å². The Bertz CT molecular complexity index is 348. The third-order valence-corrected chi connectivity index (χ3v) is 3.24. The highest BCUT2D eigenvalue weighted by Gasteiger charge is 2.21. The highest BCUT2D eigenvalue weighted by Crippen LogP contribution is 2.28. The lowest BCUT2D eigenvalue weighted by Gasteiger charge is -2.18. The number of rotatable bonds is 1. The lowest BCUT2D eigenvalue weighted by atomic mass is 10.1. The Labute approximate surface area is 79.4 Å². The van der Waals surface area contributed by atoms with Crippen LogP contribution in [0.3, 0.4) is 0 Å². The predicted molar refractivity (Wildman–Crippen MR) is 49.9 cm³/mol. The molecule has 2 rings (SSSR count). The molecule has 0 aliphatic carbocycles. The highest BCUT2D eigenvalue weighted by molar-refractivity contribution is 7.14. The molecule has 1 atom stereocenters. The van der Waals surface area contributed by atoms with Crippen molar-refractivity contribution in [3.8, 4) is 0 Å². The second-order valence-electron chi connectivity index (χ2n) is 3.03. The summed E-state index contributed by atoms with van der Waals surface area (Å²) >= 11 is 1.31. The molecule has 1 unspecified atom stereocenters. The van der Waals surface area contributed by atoms with Crippen LogP contribution in [0.1, 0.15) is 26.2 Å². The average molecular weight is 198 g/mol. The first-order valence-corrected chi connectivity index (χ1v) is 4.82. The molecular weight excluding hydrogens is 188 g/mol. The molecule has 4 N–H and O–H groups in total. The van der Waals surface area contributed by atoms with Crippen molar-refractivity contribution in [1.82, 2.24) is 5.32 Å². The zero-order valence-electron chi connectivity index (χ0n) is 6.91. The number of hydrogen-bond acceptors (Lipinski definition) is 4. The fourth-order valence-corrected chi connectivity index (χ4v) is 2.49. The van der Waals surface area contributed by atoms with E-state index in [1.807, 2.05) is 0 Å². The van der Waals surface area contributed by atoms with Gasteiger partial charge < -0.3 is 16.2 Å². The van der Waals surface area contributed by atoms with E-state index in [1.54, 1.807) is 6.07 Å². The minimum atomic E-state index is -0.869. The molecular formula is C8H10N2O2S. The van der Waals surface area contributed by atoms with Gasteiger partial charge in [0.15, 0.2) is 0 Å². The van der Waals surface area contributed by atoms with Crippen molar-refractivity contribution < 1.29 is 9.90 Å². The molecule has 1 aliphatic rings. The molecule has 0 fully saturated rings. The first-order valence-electron chi connectivity index (χ1n) is 4.00. The SMILES string of the molecule is NC1CNCc2sc(C(=O)O)cc21. The molecule has 70 valence electrons. The molecule has 1 aliphatic heterocycles. The molecule has 4 nitrogen and oxygen atoms in total. The van der Waals surface area contributed by atoms with E-state index < -0.39 is 5.97 Å². The van der Waals surface area contributed by atoms with Gasteiger partial charge in [0.1, 0.15) is 4.88 Å². The number of carbonyl (C=O) groups is 1. The van der Waals surface area contributed by atoms with Crippen molar-refractivity contribution in [2.75, 3.05) is 6.54 Å². The molecule has 0 spiro atoms. The van der Waals surface area contributed by atoms with E-state index in [0.29, 0.717) is 4.88 Å². The van der Waals surface area contributed by atoms with Crippen LogP contribution in [0.2, 0.25) is 0 Å². The number of thiophene rings is 1. The van der Waals surface area contributed by atoms with Gasteiger partial charge in [0, 0.05) is 24.0 Å². The number of nitrogens with one attached hydrogen (secondary N) is 1. The number of hydrogen-bond donors (Lipinski definition) is 3. The normalized spacial score (nSPS) is 21.2. The smallest absolute Gasteiger partial charge is 0.345 e. The minimum Gasteiger partial charge on any atom is -0.477 e. The molecule has 5 heteroatoms. The quantitative estimate of drug-likeness (QED) is 0.616. The molecule has 0 aromatic carbocycles. The third kappa shape index (κ3) is 1.46. The summed E-state index contributed by atoms with van der Waals surface area (Å²) in [6.45, 7) is 1.46. The minimum absolute atomic E-state index is 0.0619. The van der Waals surface area contributed by atoms with Crippen LogP contribution in [0.15, 0.2) is 6.07 Å². The molecule has 1 aromatic heterocycles. The Hall–Kier alpha value is -0.910. The number of fused-ring (bicyclic) bond motifs is 1. The maximum Gasteiger partial charge on any atom is 0.345 e. The maximum absolute atomic E-state index is 10.7. The second-order valence-corrected chi connectivity index (χ2v) is 4.17. The third-order valence-electron chi connectivity index (χ3n) is 2.10. The average Bonchev–Trinajstić information content (AvgIpc) is 2.49. The van der Waals surface area contributed by atoms with Crippen molar-refractivity contribution >= 4 is 17.3 Å². The van der Waals surface area contributed by atoms with Gasteiger partial charge in [0.2, 0.25) is 0 Å². The zero-order valence-corrected chi connectivity index (χ0v) is 7.73. The van der Waals surface area contributed by atoms with Crippen molar-refractivity contribution in [3.05, 3.63) is 21.4 Å². The van der Waals surface area contributed by atoms with Crippen molar-refractivity contribution in [1.29, 1.82) is 0 Å². The van der Waals surface area contributed by atoms with E-state index in [2.05, 4.69) is 5.32 Å². The molecule has 0 saturated heterocycles. The van der Waals surface area contributed by atoms with Crippen LogP contribution in [0.4, 0.5) is 0 Å². The van der Waals surface area contributed by atoms with E-state index in [9.17, 15) is 4.79 Å². The van der Waals surface area contributed by atoms with Crippen LogP contribution < -0.4 is 11.1 Å². The molecule has 1 aromatic rings. The van der Waals surface area contributed by atoms with Crippen LogP contribution in [0, 0.1) is 0 Å². The van der Waals surface area contributed by atoms with E-state index in [-0.39, 0.29) is 6.04 Å². The van der Waals surface area contributed by atoms with Crippen molar-refractivity contribution in [2.24, 2.45) is 5.73 Å². The number of carboxylic acids is 1. The summed E-state index contributed by atoms with van der Waals surface area (Å²) in [4.78, 5) is 12.1. The van der Waals surface area contributed by atoms with Crippen LogP contribution in [0.5, 0.6) is 0 Å². The largest absolute Gasteiger partial charge is 0.477 e. The molecule has 0 radical (unpaired) electrons. The molecule has 2 heterocycles. The van der Waals surface area contributed by atoms with E-state index >= 15 is 0 Å².